The molecule has 0 bridgehead atoms. The van der Waals surface area contributed by atoms with Crippen molar-refractivity contribution in [1.29, 1.82) is 0 Å². The summed E-state index contributed by atoms with van der Waals surface area (Å²) in [5.41, 5.74) is 2.28. The maximum Gasteiger partial charge on any atom is 0.315 e. The molecule has 2 aromatic carbocycles. The second-order valence-electron chi connectivity index (χ2n) is 5.59. The zero-order valence-electron chi connectivity index (χ0n) is 14.8. The molecule has 0 unspecified atom stereocenters. The SMILES string of the molecule is C=CCc1ccccc1OCC#CCNC(=O)NCCc1ccccc1. The fourth-order valence-corrected chi connectivity index (χ4v) is 2.35. The summed E-state index contributed by atoms with van der Waals surface area (Å²) in [5.74, 6) is 6.59. The molecule has 0 atom stereocenters. The smallest absolute Gasteiger partial charge is 0.315 e. The minimum absolute atomic E-state index is 0.215. The van der Waals surface area contributed by atoms with Crippen LogP contribution in [0.2, 0.25) is 0 Å². The van der Waals surface area contributed by atoms with Crippen LogP contribution < -0.4 is 15.4 Å². The lowest BCUT2D eigenvalue weighted by Gasteiger charge is -2.07. The summed E-state index contributed by atoms with van der Waals surface area (Å²) in [7, 11) is 0. The van der Waals surface area contributed by atoms with E-state index in [2.05, 4.69) is 29.1 Å². The molecule has 0 aliphatic heterocycles. The van der Waals surface area contributed by atoms with Gasteiger partial charge < -0.3 is 15.4 Å². The molecule has 0 aliphatic rings. The first-order valence-corrected chi connectivity index (χ1v) is 8.62. The monoisotopic (exact) mass is 348 g/mol. The summed E-state index contributed by atoms with van der Waals surface area (Å²) in [6.45, 7) is 4.90. The number of allylic oxidation sites excluding steroid dienone is 1. The number of rotatable bonds is 8. The summed E-state index contributed by atoms with van der Waals surface area (Å²) >= 11 is 0. The van der Waals surface area contributed by atoms with Crippen LogP contribution in [0.15, 0.2) is 67.3 Å². The Labute approximate surface area is 155 Å². The molecular weight excluding hydrogens is 324 g/mol. The molecule has 26 heavy (non-hydrogen) atoms. The Morgan fingerprint density at radius 1 is 1.04 bits per heavy atom. The first-order chi connectivity index (χ1) is 12.8. The molecule has 0 radical (unpaired) electrons. The van der Waals surface area contributed by atoms with Crippen LogP contribution in [-0.2, 0) is 12.8 Å². The normalized spacial score (nSPS) is 9.54. The molecule has 2 amide bonds. The molecule has 0 spiro atoms. The number of nitrogens with one attached hydrogen (secondary N) is 2. The van der Waals surface area contributed by atoms with E-state index in [0.717, 1.165) is 24.2 Å². The van der Waals surface area contributed by atoms with Crippen LogP contribution in [-0.4, -0.2) is 25.7 Å². The van der Waals surface area contributed by atoms with Gasteiger partial charge in [-0.1, -0.05) is 66.4 Å². The summed E-state index contributed by atoms with van der Waals surface area (Å²) in [6, 6.07) is 17.6. The van der Waals surface area contributed by atoms with Crippen molar-refractivity contribution in [1.82, 2.24) is 10.6 Å². The summed E-state index contributed by atoms with van der Waals surface area (Å²) < 4.78 is 5.66. The highest BCUT2D eigenvalue weighted by atomic mass is 16.5. The lowest BCUT2D eigenvalue weighted by Crippen LogP contribution is -2.36. The van der Waals surface area contributed by atoms with Crippen molar-refractivity contribution in [2.24, 2.45) is 0 Å². The van der Waals surface area contributed by atoms with E-state index < -0.39 is 0 Å². The molecule has 0 aliphatic carbocycles. The number of amides is 2. The van der Waals surface area contributed by atoms with Crippen LogP contribution in [0.5, 0.6) is 5.75 Å². The topological polar surface area (TPSA) is 50.4 Å². The number of ether oxygens (including phenoxy) is 1. The average Bonchev–Trinajstić information content (AvgIpc) is 2.67. The van der Waals surface area contributed by atoms with Crippen molar-refractivity contribution in [3.8, 4) is 17.6 Å². The Bertz CT molecular complexity index is 760. The highest BCUT2D eigenvalue weighted by Crippen LogP contribution is 2.18. The Balaban J connectivity index is 1.61. The van der Waals surface area contributed by atoms with E-state index in [4.69, 9.17) is 4.74 Å². The van der Waals surface area contributed by atoms with Crippen LogP contribution in [0.3, 0.4) is 0 Å². The van der Waals surface area contributed by atoms with Crippen LogP contribution >= 0.6 is 0 Å². The highest BCUT2D eigenvalue weighted by molar-refractivity contribution is 5.74. The minimum Gasteiger partial charge on any atom is -0.481 e. The van der Waals surface area contributed by atoms with Crippen molar-refractivity contribution < 1.29 is 9.53 Å². The van der Waals surface area contributed by atoms with Crippen LogP contribution in [0.25, 0.3) is 0 Å². The summed E-state index contributed by atoms with van der Waals surface area (Å²) in [4.78, 5) is 11.7. The van der Waals surface area contributed by atoms with Gasteiger partial charge in [-0.15, -0.1) is 6.58 Å². The maximum atomic E-state index is 11.7. The van der Waals surface area contributed by atoms with Crippen molar-refractivity contribution in [3.05, 3.63) is 78.4 Å². The molecule has 2 aromatic rings. The number of carbonyl (C=O) groups is 1. The van der Waals surface area contributed by atoms with Gasteiger partial charge in [0.2, 0.25) is 0 Å². The highest BCUT2D eigenvalue weighted by Gasteiger charge is 2.00. The van der Waals surface area contributed by atoms with Crippen molar-refractivity contribution >= 4 is 6.03 Å². The molecule has 2 rings (SSSR count). The lowest BCUT2D eigenvalue weighted by molar-refractivity contribution is 0.242. The molecule has 0 saturated heterocycles. The number of hydrogen-bond acceptors (Lipinski definition) is 2. The molecule has 0 heterocycles. The minimum atomic E-state index is -0.215. The van der Waals surface area contributed by atoms with Gasteiger partial charge >= 0.3 is 6.03 Å². The fraction of sp³-hybridized carbons (Fsp3) is 0.227. The van der Waals surface area contributed by atoms with Crippen LogP contribution in [0.4, 0.5) is 4.79 Å². The van der Waals surface area contributed by atoms with Gasteiger partial charge in [-0.3, -0.25) is 0 Å². The number of urea groups is 1. The van der Waals surface area contributed by atoms with Crippen molar-refractivity contribution in [2.75, 3.05) is 19.7 Å². The Morgan fingerprint density at radius 3 is 2.62 bits per heavy atom. The largest absolute Gasteiger partial charge is 0.481 e. The third-order valence-electron chi connectivity index (χ3n) is 3.64. The van der Waals surface area contributed by atoms with E-state index in [1.807, 2.05) is 60.7 Å². The number of carbonyl (C=O) groups excluding carboxylic acids is 1. The van der Waals surface area contributed by atoms with Gasteiger partial charge in [-0.05, 0) is 30.0 Å². The van der Waals surface area contributed by atoms with Gasteiger partial charge in [0.05, 0.1) is 6.54 Å². The first-order valence-electron chi connectivity index (χ1n) is 8.62. The standard InChI is InChI=1S/C22H24N2O2/c1-2-10-20-13-6-7-14-21(20)26-18-9-8-16-23-22(25)24-17-15-19-11-4-3-5-12-19/h2-7,11-14H,1,10,15-18H2,(H2,23,24,25). The summed E-state index contributed by atoms with van der Waals surface area (Å²) in [6.07, 6.45) is 3.40. The van der Waals surface area contributed by atoms with Crippen LogP contribution in [0, 0.1) is 11.8 Å². The number of hydrogen-bond donors (Lipinski definition) is 2. The van der Waals surface area contributed by atoms with Gasteiger partial charge in [-0.2, -0.15) is 0 Å². The third-order valence-corrected chi connectivity index (χ3v) is 3.64. The van der Waals surface area contributed by atoms with E-state index in [1.54, 1.807) is 0 Å². The fourth-order valence-electron chi connectivity index (χ4n) is 2.35. The van der Waals surface area contributed by atoms with Gasteiger partial charge in [0.15, 0.2) is 0 Å². The van der Waals surface area contributed by atoms with E-state index in [1.165, 1.54) is 5.56 Å². The average molecular weight is 348 g/mol. The molecule has 0 saturated carbocycles. The Hall–Kier alpha value is -3.19. The summed E-state index contributed by atoms with van der Waals surface area (Å²) in [5, 5.41) is 5.52. The Morgan fingerprint density at radius 2 is 1.81 bits per heavy atom. The van der Waals surface area contributed by atoms with E-state index in [0.29, 0.717) is 6.54 Å². The zero-order chi connectivity index (χ0) is 18.5. The van der Waals surface area contributed by atoms with Gasteiger partial charge in [0, 0.05) is 6.54 Å². The molecule has 0 aromatic heterocycles. The predicted octanol–water partition coefficient (Wildman–Crippen LogP) is 3.34. The molecule has 4 heteroatoms. The lowest BCUT2D eigenvalue weighted by atomic mass is 10.1. The van der Waals surface area contributed by atoms with Gasteiger partial charge in [0.25, 0.3) is 0 Å². The third kappa shape index (κ3) is 7.14. The Kier molecular flexibility index (Phi) is 8.38. The molecule has 134 valence electrons. The van der Waals surface area contributed by atoms with E-state index in [-0.39, 0.29) is 19.2 Å². The zero-order valence-corrected chi connectivity index (χ0v) is 14.8. The van der Waals surface area contributed by atoms with E-state index in [9.17, 15) is 4.79 Å². The predicted molar refractivity (Wildman–Crippen MR) is 105 cm³/mol. The molecule has 4 nitrogen and oxygen atoms in total. The van der Waals surface area contributed by atoms with Crippen LogP contribution in [0.1, 0.15) is 11.1 Å². The second-order valence-corrected chi connectivity index (χ2v) is 5.59. The van der Waals surface area contributed by atoms with Crippen molar-refractivity contribution in [2.45, 2.75) is 12.8 Å². The second kappa shape index (κ2) is 11.4. The molecule has 0 fully saturated rings. The molecular formula is C22H24N2O2. The maximum absolute atomic E-state index is 11.7. The van der Waals surface area contributed by atoms with Crippen molar-refractivity contribution in [3.63, 3.8) is 0 Å². The van der Waals surface area contributed by atoms with E-state index >= 15 is 0 Å². The molecule has 2 N–H and O–H groups in total. The quantitative estimate of drug-likeness (QED) is 0.568. The number of para-hydroxylation sites is 1. The first kappa shape index (κ1) is 19.1. The van der Waals surface area contributed by atoms with Gasteiger partial charge in [-0.25, -0.2) is 4.79 Å². The number of benzene rings is 2. The van der Waals surface area contributed by atoms with Gasteiger partial charge in [0.1, 0.15) is 12.4 Å².